The number of allylic oxidation sites excluding steroid dienone is 1. The number of hydrogen-bond donors (Lipinski definition) is 2. The summed E-state index contributed by atoms with van der Waals surface area (Å²) in [5, 5.41) is 19.4. The predicted molar refractivity (Wildman–Crippen MR) is 124 cm³/mol. The molecule has 1 saturated heterocycles. The van der Waals surface area contributed by atoms with E-state index in [1.165, 1.54) is 0 Å². The smallest absolute Gasteiger partial charge is 0.137 e. The van der Waals surface area contributed by atoms with Crippen LogP contribution in [0.5, 0.6) is 0 Å². The Morgan fingerprint density at radius 3 is 2.81 bits per heavy atom. The SMILES string of the molecule is N#C/C(=C\c1c[nH]c2ncc(-c3cnn(C4CCNC4)c3)cc12)c1c(Cl)cccc1Cl. The molecule has 0 aliphatic carbocycles. The first-order valence-corrected chi connectivity index (χ1v) is 10.7. The average Bonchev–Trinajstić information content (AvgIpc) is 3.53. The van der Waals surface area contributed by atoms with Gasteiger partial charge in [0.15, 0.2) is 0 Å². The third-order valence-corrected chi connectivity index (χ3v) is 6.19. The van der Waals surface area contributed by atoms with Crippen molar-refractivity contribution in [3.05, 3.63) is 70.2 Å². The van der Waals surface area contributed by atoms with Gasteiger partial charge < -0.3 is 10.3 Å². The summed E-state index contributed by atoms with van der Waals surface area (Å²) in [6.07, 6.45) is 10.5. The molecule has 6 nitrogen and oxygen atoms in total. The number of halogens is 2. The molecule has 1 aromatic carbocycles. The van der Waals surface area contributed by atoms with Gasteiger partial charge in [0.2, 0.25) is 0 Å². The van der Waals surface area contributed by atoms with E-state index in [-0.39, 0.29) is 0 Å². The van der Waals surface area contributed by atoms with Crippen LogP contribution in [-0.4, -0.2) is 32.8 Å². The molecule has 154 valence electrons. The molecule has 4 aromatic rings. The third kappa shape index (κ3) is 3.72. The van der Waals surface area contributed by atoms with Gasteiger partial charge in [0.25, 0.3) is 0 Å². The second kappa shape index (κ2) is 8.20. The first-order valence-electron chi connectivity index (χ1n) is 9.92. The van der Waals surface area contributed by atoms with Crippen molar-refractivity contribution in [3.8, 4) is 17.2 Å². The van der Waals surface area contributed by atoms with Gasteiger partial charge in [0.05, 0.1) is 33.9 Å². The fourth-order valence-corrected chi connectivity index (χ4v) is 4.53. The van der Waals surface area contributed by atoms with Crippen LogP contribution in [0, 0.1) is 11.3 Å². The summed E-state index contributed by atoms with van der Waals surface area (Å²) in [6.45, 7) is 1.95. The molecule has 0 saturated carbocycles. The Hall–Kier alpha value is -3.11. The number of fused-ring (bicyclic) bond motifs is 1. The summed E-state index contributed by atoms with van der Waals surface area (Å²) in [4.78, 5) is 7.72. The molecule has 0 spiro atoms. The Morgan fingerprint density at radius 2 is 2.06 bits per heavy atom. The van der Waals surface area contributed by atoms with Gasteiger partial charge in [-0.2, -0.15) is 10.4 Å². The van der Waals surface area contributed by atoms with E-state index in [9.17, 15) is 5.26 Å². The molecule has 8 heteroatoms. The molecule has 0 bridgehead atoms. The quantitative estimate of drug-likeness (QED) is 0.413. The maximum atomic E-state index is 9.76. The Bertz CT molecular complexity index is 1320. The summed E-state index contributed by atoms with van der Waals surface area (Å²) < 4.78 is 2.02. The van der Waals surface area contributed by atoms with Crippen LogP contribution >= 0.6 is 23.2 Å². The number of benzene rings is 1. The minimum absolute atomic E-state index is 0.384. The number of nitrogens with one attached hydrogen (secondary N) is 2. The molecule has 0 amide bonds. The highest BCUT2D eigenvalue weighted by Crippen LogP contribution is 2.33. The van der Waals surface area contributed by atoms with Crippen molar-refractivity contribution < 1.29 is 0 Å². The van der Waals surface area contributed by atoms with Gasteiger partial charge >= 0.3 is 0 Å². The highest BCUT2D eigenvalue weighted by Gasteiger charge is 2.18. The Morgan fingerprint density at radius 1 is 1.23 bits per heavy atom. The van der Waals surface area contributed by atoms with Gasteiger partial charge in [-0.15, -0.1) is 0 Å². The first kappa shape index (κ1) is 19.8. The predicted octanol–water partition coefficient (Wildman–Crippen LogP) is 5.33. The standard InChI is InChI=1S/C23H18Cl2N6/c24-20-2-1-3-21(25)22(20)14(8-26)6-16-10-29-23-19(16)7-15(9-28-23)17-11-30-31(13-17)18-4-5-27-12-18/h1-3,6-7,9-11,13,18,27H,4-5,12H2,(H,28,29)/b14-6+. The lowest BCUT2D eigenvalue weighted by molar-refractivity contribution is 0.491. The Labute approximate surface area is 189 Å². The summed E-state index contributed by atoms with van der Waals surface area (Å²) in [7, 11) is 0. The highest BCUT2D eigenvalue weighted by molar-refractivity contribution is 6.38. The van der Waals surface area contributed by atoms with E-state index in [1.807, 2.05) is 23.3 Å². The lowest BCUT2D eigenvalue weighted by Crippen LogP contribution is -2.13. The lowest BCUT2D eigenvalue weighted by atomic mass is 10.0. The normalized spacial score (nSPS) is 16.7. The van der Waals surface area contributed by atoms with Crippen LogP contribution in [0.1, 0.15) is 23.6 Å². The molecule has 3 aromatic heterocycles. The zero-order chi connectivity index (χ0) is 21.4. The molecule has 1 fully saturated rings. The Kier molecular flexibility index (Phi) is 5.24. The van der Waals surface area contributed by atoms with Gasteiger partial charge in [0.1, 0.15) is 5.65 Å². The molecule has 4 heterocycles. The fourth-order valence-electron chi connectivity index (χ4n) is 3.92. The van der Waals surface area contributed by atoms with Gasteiger partial charge in [-0.25, -0.2) is 4.98 Å². The maximum Gasteiger partial charge on any atom is 0.137 e. The number of aromatic nitrogens is 4. The van der Waals surface area contributed by atoms with Crippen LogP contribution in [0.4, 0.5) is 0 Å². The molecule has 31 heavy (non-hydrogen) atoms. The first-order chi connectivity index (χ1) is 15.1. The monoisotopic (exact) mass is 448 g/mol. The van der Waals surface area contributed by atoms with E-state index in [1.54, 1.807) is 24.3 Å². The van der Waals surface area contributed by atoms with Crippen molar-refractivity contribution >= 4 is 45.9 Å². The molecule has 1 aliphatic rings. The number of pyridine rings is 1. The van der Waals surface area contributed by atoms with Crippen LogP contribution in [0.25, 0.3) is 33.8 Å². The minimum Gasteiger partial charge on any atom is -0.346 e. The van der Waals surface area contributed by atoms with Crippen molar-refractivity contribution in [1.82, 2.24) is 25.1 Å². The van der Waals surface area contributed by atoms with Gasteiger partial charge in [-0.1, -0.05) is 29.3 Å². The molecular formula is C23H18Cl2N6. The van der Waals surface area contributed by atoms with Crippen molar-refractivity contribution in [2.24, 2.45) is 0 Å². The number of nitrogens with zero attached hydrogens (tertiary/aromatic N) is 4. The molecule has 1 unspecified atom stereocenters. The second-order valence-corrected chi connectivity index (χ2v) is 8.30. The molecule has 1 aliphatic heterocycles. The highest BCUT2D eigenvalue weighted by atomic mass is 35.5. The van der Waals surface area contributed by atoms with E-state index in [0.29, 0.717) is 27.2 Å². The molecule has 0 radical (unpaired) electrons. The average molecular weight is 449 g/mol. The van der Waals surface area contributed by atoms with E-state index < -0.39 is 0 Å². The van der Waals surface area contributed by atoms with E-state index >= 15 is 0 Å². The molecule has 2 N–H and O–H groups in total. The molecular weight excluding hydrogens is 431 g/mol. The summed E-state index contributed by atoms with van der Waals surface area (Å²) >= 11 is 12.6. The molecule has 5 rings (SSSR count). The lowest BCUT2D eigenvalue weighted by Gasteiger charge is -2.07. The van der Waals surface area contributed by atoms with E-state index in [4.69, 9.17) is 23.2 Å². The number of H-pyrrole nitrogens is 1. The van der Waals surface area contributed by atoms with Crippen molar-refractivity contribution in [2.75, 3.05) is 13.1 Å². The summed E-state index contributed by atoms with van der Waals surface area (Å²) in [5.74, 6) is 0. The number of nitriles is 1. The van der Waals surface area contributed by atoms with Gasteiger partial charge in [0, 0.05) is 52.8 Å². The zero-order valence-electron chi connectivity index (χ0n) is 16.4. The topological polar surface area (TPSA) is 82.3 Å². The summed E-state index contributed by atoms with van der Waals surface area (Å²) in [5.41, 5.74) is 4.47. The third-order valence-electron chi connectivity index (χ3n) is 5.56. The maximum absolute atomic E-state index is 9.76. The minimum atomic E-state index is 0.384. The van der Waals surface area contributed by atoms with Crippen LogP contribution in [0.2, 0.25) is 10.0 Å². The van der Waals surface area contributed by atoms with Crippen molar-refractivity contribution in [3.63, 3.8) is 0 Å². The number of hydrogen-bond acceptors (Lipinski definition) is 4. The van der Waals surface area contributed by atoms with Crippen LogP contribution in [0.3, 0.4) is 0 Å². The second-order valence-electron chi connectivity index (χ2n) is 7.49. The fraction of sp³-hybridized carbons (Fsp3) is 0.174. The van der Waals surface area contributed by atoms with Crippen LogP contribution in [0.15, 0.2) is 49.1 Å². The number of rotatable bonds is 4. The van der Waals surface area contributed by atoms with Crippen LogP contribution in [-0.2, 0) is 0 Å². The molecule has 1 atom stereocenters. The summed E-state index contributed by atoms with van der Waals surface area (Å²) in [6, 6.07) is 9.87. The number of aromatic amines is 1. The zero-order valence-corrected chi connectivity index (χ0v) is 18.0. The van der Waals surface area contributed by atoms with Gasteiger partial charge in [-0.3, -0.25) is 4.68 Å². The van der Waals surface area contributed by atoms with Crippen LogP contribution < -0.4 is 5.32 Å². The van der Waals surface area contributed by atoms with Gasteiger partial charge in [-0.05, 0) is 37.2 Å². The van der Waals surface area contributed by atoms with Crippen molar-refractivity contribution in [1.29, 1.82) is 5.26 Å². The Balaban J connectivity index is 1.55. The van der Waals surface area contributed by atoms with E-state index in [2.05, 4.69) is 38.7 Å². The largest absolute Gasteiger partial charge is 0.346 e. The van der Waals surface area contributed by atoms with E-state index in [0.717, 1.165) is 47.2 Å². The van der Waals surface area contributed by atoms with Crippen molar-refractivity contribution in [2.45, 2.75) is 12.5 Å².